The minimum absolute atomic E-state index is 0.0335. The average Bonchev–Trinajstić information content (AvgIpc) is 3.04. The van der Waals surface area contributed by atoms with Gasteiger partial charge < -0.3 is 20.5 Å². The SMILES string of the molecule is CC(C)(C)NCCCC[C@@H](NC(=O)OCC1c2ccccc2-c2ccccc21)C(=O)O. The van der Waals surface area contributed by atoms with Crippen LogP contribution in [0.2, 0.25) is 0 Å². The number of carbonyl (C=O) groups is 2. The molecule has 3 N–H and O–H groups in total. The fourth-order valence-corrected chi connectivity index (χ4v) is 3.98. The molecular formula is C25H32N2O4. The molecule has 0 aliphatic heterocycles. The maximum atomic E-state index is 12.3. The van der Waals surface area contributed by atoms with Crippen LogP contribution >= 0.6 is 0 Å². The summed E-state index contributed by atoms with van der Waals surface area (Å²) in [5.74, 6) is -1.10. The maximum absolute atomic E-state index is 12.3. The number of fused-ring (bicyclic) bond motifs is 3. The van der Waals surface area contributed by atoms with Gasteiger partial charge in [-0.3, -0.25) is 0 Å². The van der Waals surface area contributed by atoms with Crippen molar-refractivity contribution in [3.8, 4) is 11.1 Å². The first-order chi connectivity index (χ1) is 14.8. The zero-order valence-corrected chi connectivity index (χ0v) is 18.5. The third-order valence-corrected chi connectivity index (χ3v) is 5.51. The summed E-state index contributed by atoms with van der Waals surface area (Å²) < 4.78 is 5.47. The highest BCUT2D eigenvalue weighted by molar-refractivity contribution is 5.81. The second-order valence-corrected chi connectivity index (χ2v) is 9.03. The van der Waals surface area contributed by atoms with E-state index in [1.54, 1.807) is 0 Å². The van der Waals surface area contributed by atoms with Gasteiger partial charge in [0.1, 0.15) is 12.6 Å². The quantitative estimate of drug-likeness (QED) is 0.515. The Balaban J connectivity index is 1.52. The van der Waals surface area contributed by atoms with E-state index in [0.29, 0.717) is 12.8 Å². The van der Waals surface area contributed by atoms with E-state index in [2.05, 4.69) is 43.5 Å². The molecule has 3 rings (SSSR count). The molecule has 2 aromatic rings. The summed E-state index contributed by atoms with van der Waals surface area (Å²) in [6.07, 6.45) is 1.21. The number of alkyl carbamates (subject to hydrolysis) is 1. The number of carbonyl (C=O) groups excluding carboxylic acids is 1. The molecule has 166 valence electrons. The number of hydrogen-bond acceptors (Lipinski definition) is 4. The van der Waals surface area contributed by atoms with E-state index in [1.807, 2.05) is 36.4 Å². The molecule has 0 spiro atoms. The Morgan fingerprint density at radius 2 is 1.58 bits per heavy atom. The second-order valence-electron chi connectivity index (χ2n) is 9.03. The zero-order chi connectivity index (χ0) is 22.4. The summed E-state index contributed by atoms with van der Waals surface area (Å²) in [6.45, 7) is 7.24. The predicted molar refractivity (Wildman–Crippen MR) is 121 cm³/mol. The molecule has 0 bridgehead atoms. The third-order valence-electron chi connectivity index (χ3n) is 5.51. The second kappa shape index (κ2) is 9.96. The van der Waals surface area contributed by atoms with Crippen LogP contribution in [0.1, 0.15) is 57.1 Å². The lowest BCUT2D eigenvalue weighted by Gasteiger charge is -2.21. The highest BCUT2D eigenvalue weighted by Gasteiger charge is 2.29. The van der Waals surface area contributed by atoms with E-state index in [9.17, 15) is 14.7 Å². The molecule has 6 heteroatoms. The largest absolute Gasteiger partial charge is 0.480 e. The summed E-state index contributed by atoms with van der Waals surface area (Å²) in [6, 6.07) is 15.2. The molecule has 0 heterocycles. The number of benzene rings is 2. The van der Waals surface area contributed by atoms with E-state index < -0.39 is 18.1 Å². The number of carboxylic acid groups (broad SMARTS) is 1. The molecule has 6 nitrogen and oxygen atoms in total. The van der Waals surface area contributed by atoms with Gasteiger partial charge >= 0.3 is 12.1 Å². The molecule has 0 unspecified atom stereocenters. The van der Waals surface area contributed by atoms with Gasteiger partial charge in [0.2, 0.25) is 0 Å². The van der Waals surface area contributed by atoms with Gasteiger partial charge in [0, 0.05) is 11.5 Å². The highest BCUT2D eigenvalue weighted by Crippen LogP contribution is 2.44. The van der Waals surface area contributed by atoms with Crippen molar-refractivity contribution in [2.24, 2.45) is 0 Å². The smallest absolute Gasteiger partial charge is 0.407 e. The van der Waals surface area contributed by atoms with Crippen LogP contribution < -0.4 is 10.6 Å². The van der Waals surface area contributed by atoms with Gasteiger partial charge in [0.15, 0.2) is 0 Å². The van der Waals surface area contributed by atoms with Gasteiger partial charge in [-0.05, 0) is 68.8 Å². The molecule has 0 radical (unpaired) electrons. The monoisotopic (exact) mass is 424 g/mol. The summed E-state index contributed by atoms with van der Waals surface area (Å²) in [5.41, 5.74) is 4.58. The fourth-order valence-electron chi connectivity index (χ4n) is 3.98. The van der Waals surface area contributed by atoms with Crippen molar-refractivity contribution in [1.29, 1.82) is 0 Å². The highest BCUT2D eigenvalue weighted by atomic mass is 16.5. The standard InChI is InChI=1S/C25H32N2O4/c1-25(2,3)26-15-9-8-14-22(23(28)29)27-24(30)31-16-21-19-12-6-4-10-17(19)18-11-5-7-13-20(18)21/h4-7,10-13,21-22,26H,8-9,14-16H2,1-3H3,(H,27,30)(H,28,29)/t22-/m1/s1. The van der Waals surface area contributed by atoms with Crippen molar-refractivity contribution in [3.63, 3.8) is 0 Å². The molecule has 2 aromatic carbocycles. The van der Waals surface area contributed by atoms with Gasteiger partial charge in [0.25, 0.3) is 0 Å². The first-order valence-electron chi connectivity index (χ1n) is 10.9. The summed E-state index contributed by atoms with van der Waals surface area (Å²) in [4.78, 5) is 23.9. The van der Waals surface area contributed by atoms with Crippen molar-refractivity contribution in [3.05, 3.63) is 59.7 Å². The van der Waals surface area contributed by atoms with Gasteiger partial charge in [-0.15, -0.1) is 0 Å². The van der Waals surface area contributed by atoms with Crippen molar-refractivity contribution < 1.29 is 19.4 Å². The molecule has 1 aliphatic carbocycles. The lowest BCUT2D eigenvalue weighted by atomic mass is 9.98. The average molecular weight is 425 g/mol. The Morgan fingerprint density at radius 1 is 1.00 bits per heavy atom. The lowest BCUT2D eigenvalue weighted by molar-refractivity contribution is -0.139. The number of rotatable bonds is 9. The number of amides is 1. The van der Waals surface area contributed by atoms with Crippen LogP contribution in [0.25, 0.3) is 11.1 Å². The summed E-state index contributed by atoms with van der Waals surface area (Å²) in [7, 11) is 0. The van der Waals surface area contributed by atoms with E-state index in [-0.39, 0.29) is 18.1 Å². The molecule has 0 aromatic heterocycles. The number of unbranched alkanes of at least 4 members (excludes halogenated alkanes) is 1. The van der Waals surface area contributed by atoms with Crippen LogP contribution in [0.15, 0.2) is 48.5 Å². The molecule has 1 aliphatic rings. The minimum Gasteiger partial charge on any atom is -0.480 e. The van der Waals surface area contributed by atoms with E-state index >= 15 is 0 Å². The topological polar surface area (TPSA) is 87.7 Å². The third kappa shape index (κ3) is 6.07. The van der Waals surface area contributed by atoms with Crippen LogP contribution in [0, 0.1) is 0 Å². The zero-order valence-electron chi connectivity index (χ0n) is 18.5. The molecule has 1 amide bonds. The van der Waals surface area contributed by atoms with Crippen LogP contribution in [0.4, 0.5) is 4.79 Å². The van der Waals surface area contributed by atoms with Crippen molar-refractivity contribution >= 4 is 12.1 Å². The first-order valence-corrected chi connectivity index (χ1v) is 10.9. The maximum Gasteiger partial charge on any atom is 0.407 e. The van der Waals surface area contributed by atoms with Gasteiger partial charge in [-0.2, -0.15) is 0 Å². The summed E-state index contributed by atoms with van der Waals surface area (Å²) >= 11 is 0. The molecule has 31 heavy (non-hydrogen) atoms. The number of ether oxygens (including phenoxy) is 1. The Hall–Kier alpha value is -2.86. The van der Waals surface area contributed by atoms with Crippen LogP contribution in [-0.4, -0.2) is 41.9 Å². The lowest BCUT2D eigenvalue weighted by Crippen LogP contribution is -2.41. The van der Waals surface area contributed by atoms with Crippen LogP contribution in [0.5, 0.6) is 0 Å². The number of hydrogen-bond donors (Lipinski definition) is 3. The van der Waals surface area contributed by atoms with Crippen LogP contribution in [0.3, 0.4) is 0 Å². The van der Waals surface area contributed by atoms with Crippen molar-refractivity contribution in [2.75, 3.05) is 13.2 Å². The Morgan fingerprint density at radius 3 is 2.13 bits per heavy atom. The molecule has 1 atom stereocenters. The molecule has 0 saturated carbocycles. The van der Waals surface area contributed by atoms with Gasteiger partial charge in [-0.1, -0.05) is 48.5 Å². The Bertz CT molecular complexity index is 874. The van der Waals surface area contributed by atoms with Crippen molar-refractivity contribution in [1.82, 2.24) is 10.6 Å². The van der Waals surface area contributed by atoms with Gasteiger partial charge in [0.05, 0.1) is 0 Å². The normalized spacial score (nSPS) is 13.9. The first kappa shape index (κ1) is 22.8. The number of nitrogens with one attached hydrogen (secondary N) is 2. The Labute approximate surface area is 184 Å². The predicted octanol–water partition coefficient (Wildman–Crippen LogP) is 4.54. The summed E-state index contributed by atoms with van der Waals surface area (Å²) in [5, 5.41) is 15.4. The van der Waals surface area contributed by atoms with E-state index in [1.165, 1.54) is 0 Å². The number of aliphatic carboxylic acids is 1. The molecule has 0 fully saturated rings. The van der Waals surface area contributed by atoms with Crippen LogP contribution in [-0.2, 0) is 9.53 Å². The van der Waals surface area contributed by atoms with E-state index in [0.717, 1.165) is 35.2 Å². The van der Waals surface area contributed by atoms with E-state index in [4.69, 9.17) is 4.74 Å². The fraction of sp³-hybridized carbons (Fsp3) is 0.440. The molecular weight excluding hydrogens is 392 g/mol. The number of carboxylic acids is 1. The molecule has 0 saturated heterocycles. The Kier molecular flexibility index (Phi) is 7.33. The van der Waals surface area contributed by atoms with Crippen molar-refractivity contribution in [2.45, 2.75) is 57.5 Å². The minimum atomic E-state index is -1.04. The van der Waals surface area contributed by atoms with Gasteiger partial charge in [-0.25, -0.2) is 9.59 Å².